The van der Waals surface area contributed by atoms with E-state index in [0.29, 0.717) is 18.0 Å². The summed E-state index contributed by atoms with van der Waals surface area (Å²) in [7, 11) is 0. The lowest BCUT2D eigenvalue weighted by molar-refractivity contribution is 0.0946. The number of halogens is 1. The first-order valence-corrected chi connectivity index (χ1v) is 7.91. The fourth-order valence-electron chi connectivity index (χ4n) is 2.05. The summed E-state index contributed by atoms with van der Waals surface area (Å²) in [4.78, 5) is 20.6. The number of carbonyl (C=O) groups is 1. The predicted molar refractivity (Wildman–Crippen MR) is 84.1 cm³/mol. The molecule has 106 valence electrons. The fourth-order valence-corrected chi connectivity index (χ4v) is 2.70. The second-order valence-electron chi connectivity index (χ2n) is 4.72. The van der Waals surface area contributed by atoms with Crippen LogP contribution in [0.2, 0.25) is 0 Å². The summed E-state index contributed by atoms with van der Waals surface area (Å²) in [5, 5.41) is 3.96. The van der Waals surface area contributed by atoms with E-state index in [1.165, 1.54) is 0 Å². The van der Waals surface area contributed by atoms with Crippen LogP contribution < -0.4 is 5.32 Å². The summed E-state index contributed by atoms with van der Waals surface area (Å²) >= 11 is 3.44. The Bertz CT molecular complexity index is 588. The summed E-state index contributed by atoms with van der Waals surface area (Å²) in [5.74, 6) is 0.462. The van der Waals surface area contributed by atoms with Crippen molar-refractivity contribution in [2.45, 2.75) is 19.8 Å². The number of fused-ring (bicyclic) bond motifs is 1. The number of hydrogen-bond donors (Lipinski definition) is 1. The Labute approximate surface area is 127 Å². The zero-order valence-corrected chi connectivity index (χ0v) is 13.1. The van der Waals surface area contributed by atoms with Crippen LogP contribution in [-0.2, 0) is 0 Å². The largest absolute Gasteiger partial charge is 0.352 e. The van der Waals surface area contributed by atoms with E-state index in [0.717, 1.165) is 29.2 Å². The number of aromatic nitrogens is 2. The molecule has 1 amide bonds. The summed E-state index contributed by atoms with van der Waals surface area (Å²) in [6.45, 7) is 2.85. The number of amides is 1. The Hall–Kier alpha value is -1.49. The van der Waals surface area contributed by atoms with Crippen LogP contribution in [0.15, 0.2) is 30.6 Å². The number of hydrogen-bond acceptors (Lipinski definition) is 3. The minimum absolute atomic E-state index is 0.0504. The summed E-state index contributed by atoms with van der Waals surface area (Å²) in [6.07, 6.45) is 5.41. The van der Waals surface area contributed by atoms with E-state index in [4.69, 9.17) is 0 Å². The second-order valence-corrected chi connectivity index (χ2v) is 5.51. The van der Waals surface area contributed by atoms with Gasteiger partial charge in [-0.1, -0.05) is 29.3 Å². The van der Waals surface area contributed by atoms with E-state index in [-0.39, 0.29) is 5.91 Å². The minimum Gasteiger partial charge on any atom is -0.352 e. The Kier molecular flexibility index (Phi) is 5.47. The molecule has 1 heterocycles. The second kappa shape index (κ2) is 7.33. The highest BCUT2D eigenvalue weighted by atomic mass is 79.9. The average molecular weight is 336 g/mol. The molecule has 2 aromatic rings. The van der Waals surface area contributed by atoms with Crippen molar-refractivity contribution in [3.63, 3.8) is 0 Å². The van der Waals surface area contributed by atoms with Gasteiger partial charge >= 0.3 is 0 Å². The molecule has 1 aromatic heterocycles. The average Bonchev–Trinajstić information content (AvgIpc) is 2.50. The molecule has 0 bridgehead atoms. The predicted octanol–water partition coefficient (Wildman–Crippen LogP) is 3.17. The number of nitrogens with zero attached hydrogens (tertiary/aromatic N) is 2. The molecule has 1 aromatic carbocycles. The van der Waals surface area contributed by atoms with Crippen LogP contribution in [0.5, 0.6) is 0 Å². The number of benzene rings is 1. The molecule has 4 nitrogen and oxygen atoms in total. The molecule has 0 saturated carbocycles. The molecular weight excluding hydrogens is 318 g/mol. The van der Waals surface area contributed by atoms with E-state index in [1.54, 1.807) is 24.5 Å². The van der Waals surface area contributed by atoms with Gasteiger partial charge in [-0.15, -0.1) is 0 Å². The molecule has 0 aliphatic heterocycles. The molecular formula is C15H18BrN3O. The third-order valence-corrected chi connectivity index (χ3v) is 3.84. The monoisotopic (exact) mass is 335 g/mol. The highest BCUT2D eigenvalue weighted by Gasteiger charge is 2.10. The molecule has 0 fully saturated rings. The van der Waals surface area contributed by atoms with Crippen molar-refractivity contribution in [2.24, 2.45) is 5.92 Å². The molecule has 20 heavy (non-hydrogen) atoms. The van der Waals surface area contributed by atoms with Crippen molar-refractivity contribution in [3.05, 3.63) is 36.2 Å². The quantitative estimate of drug-likeness (QED) is 0.825. The third-order valence-electron chi connectivity index (χ3n) is 3.38. The molecule has 2 rings (SSSR count). The van der Waals surface area contributed by atoms with Crippen LogP contribution in [0.25, 0.3) is 11.0 Å². The lowest BCUT2D eigenvalue weighted by Gasteiger charge is -2.14. The molecule has 0 saturated heterocycles. The van der Waals surface area contributed by atoms with Gasteiger partial charge in [0.1, 0.15) is 0 Å². The fraction of sp³-hybridized carbons (Fsp3) is 0.400. The van der Waals surface area contributed by atoms with Crippen molar-refractivity contribution < 1.29 is 4.79 Å². The highest BCUT2D eigenvalue weighted by Crippen LogP contribution is 2.12. The number of carbonyl (C=O) groups excluding carboxylic acids is 1. The van der Waals surface area contributed by atoms with Gasteiger partial charge in [0.2, 0.25) is 0 Å². The van der Waals surface area contributed by atoms with Gasteiger partial charge in [0.25, 0.3) is 5.91 Å². The molecule has 0 aliphatic rings. The van der Waals surface area contributed by atoms with Crippen molar-refractivity contribution in [3.8, 4) is 0 Å². The van der Waals surface area contributed by atoms with E-state index in [2.05, 4.69) is 38.1 Å². The number of nitrogens with one attached hydrogen (secondary N) is 1. The lowest BCUT2D eigenvalue weighted by Crippen LogP contribution is -2.29. The van der Waals surface area contributed by atoms with Crippen LogP contribution in [0.4, 0.5) is 0 Å². The van der Waals surface area contributed by atoms with Gasteiger partial charge in [-0.05, 0) is 30.5 Å². The summed E-state index contributed by atoms with van der Waals surface area (Å²) in [5.41, 5.74) is 2.18. The highest BCUT2D eigenvalue weighted by molar-refractivity contribution is 9.09. The zero-order chi connectivity index (χ0) is 14.4. The van der Waals surface area contributed by atoms with Crippen molar-refractivity contribution in [1.29, 1.82) is 0 Å². The maximum Gasteiger partial charge on any atom is 0.251 e. The molecule has 1 unspecified atom stereocenters. The van der Waals surface area contributed by atoms with Crippen molar-refractivity contribution >= 4 is 32.9 Å². The third kappa shape index (κ3) is 3.76. The van der Waals surface area contributed by atoms with Gasteiger partial charge < -0.3 is 5.32 Å². The molecule has 0 spiro atoms. The summed E-state index contributed by atoms with van der Waals surface area (Å²) in [6, 6.07) is 5.40. The van der Waals surface area contributed by atoms with Gasteiger partial charge in [-0.25, -0.2) is 0 Å². The first-order valence-electron chi connectivity index (χ1n) is 6.79. The van der Waals surface area contributed by atoms with Crippen LogP contribution in [-0.4, -0.2) is 27.7 Å². The maximum absolute atomic E-state index is 12.1. The smallest absolute Gasteiger partial charge is 0.251 e. The van der Waals surface area contributed by atoms with E-state index < -0.39 is 0 Å². The Balaban J connectivity index is 2.03. The topological polar surface area (TPSA) is 54.9 Å². The van der Waals surface area contributed by atoms with Gasteiger partial charge in [0, 0.05) is 29.8 Å². The Morgan fingerprint density at radius 2 is 2.05 bits per heavy atom. The maximum atomic E-state index is 12.1. The van der Waals surface area contributed by atoms with E-state index in [1.807, 2.05) is 6.07 Å². The lowest BCUT2D eigenvalue weighted by atomic mass is 10.0. The molecule has 5 heteroatoms. The molecule has 0 aliphatic carbocycles. The van der Waals surface area contributed by atoms with Crippen LogP contribution >= 0.6 is 15.9 Å². The standard InChI is InChI=1S/C15H18BrN3O/c1-2-11(5-6-16)10-19-15(20)12-3-4-13-14(9-12)18-8-7-17-13/h3-4,7-9,11H,2,5-6,10H2,1H3,(H,19,20). The summed E-state index contributed by atoms with van der Waals surface area (Å²) < 4.78 is 0. The normalized spacial score (nSPS) is 12.3. The van der Waals surface area contributed by atoms with Gasteiger partial charge in [0.15, 0.2) is 0 Å². The first kappa shape index (κ1) is 14.9. The van der Waals surface area contributed by atoms with Crippen LogP contribution in [0.1, 0.15) is 30.1 Å². The van der Waals surface area contributed by atoms with Crippen LogP contribution in [0, 0.1) is 5.92 Å². The molecule has 1 atom stereocenters. The SMILES string of the molecule is CCC(CCBr)CNC(=O)c1ccc2nccnc2c1. The molecule has 0 radical (unpaired) electrons. The molecule has 1 N–H and O–H groups in total. The van der Waals surface area contributed by atoms with Gasteiger partial charge in [-0.3, -0.25) is 14.8 Å². The van der Waals surface area contributed by atoms with Crippen molar-refractivity contribution in [1.82, 2.24) is 15.3 Å². The Morgan fingerprint density at radius 3 is 2.75 bits per heavy atom. The Morgan fingerprint density at radius 1 is 1.30 bits per heavy atom. The number of alkyl halides is 1. The first-order chi connectivity index (χ1) is 9.74. The minimum atomic E-state index is -0.0504. The van der Waals surface area contributed by atoms with Gasteiger partial charge in [0.05, 0.1) is 11.0 Å². The van der Waals surface area contributed by atoms with Crippen LogP contribution in [0.3, 0.4) is 0 Å². The zero-order valence-electron chi connectivity index (χ0n) is 11.5. The van der Waals surface area contributed by atoms with Gasteiger partial charge in [-0.2, -0.15) is 0 Å². The van der Waals surface area contributed by atoms with E-state index in [9.17, 15) is 4.79 Å². The van der Waals surface area contributed by atoms with Crippen molar-refractivity contribution in [2.75, 3.05) is 11.9 Å². The van der Waals surface area contributed by atoms with E-state index >= 15 is 0 Å². The number of rotatable bonds is 6.